The zero-order valence-electron chi connectivity index (χ0n) is 11.7. The van der Waals surface area contributed by atoms with Gasteiger partial charge in [0.1, 0.15) is 0 Å². The van der Waals surface area contributed by atoms with Crippen molar-refractivity contribution in [1.29, 1.82) is 0 Å². The van der Waals surface area contributed by atoms with Gasteiger partial charge >= 0.3 is 0 Å². The second-order valence-electron chi connectivity index (χ2n) is 5.21. The van der Waals surface area contributed by atoms with Crippen molar-refractivity contribution in [3.63, 3.8) is 0 Å². The molecule has 0 aliphatic heterocycles. The first-order valence-electron chi connectivity index (χ1n) is 6.69. The molecule has 20 heavy (non-hydrogen) atoms. The third-order valence-corrected chi connectivity index (χ3v) is 5.06. The molecule has 0 saturated carbocycles. The summed E-state index contributed by atoms with van der Waals surface area (Å²) < 4.78 is 24.9. The summed E-state index contributed by atoms with van der Waals surface area (Å²) in [6, 6.07) is 14.8. The van der Waals surface area contributed by atoms with Crippen LogP contribution in [0.3, 0.4) is 0 Å². The largest absolute Gasteiger partial charge is 0.245 e. The van der Waals surface area contributed by atoms with Crippen LogP contribution < -0.4 is 0 Å². The van der Waals surface area contributed by atoms with Crippen molar-refractivity contribution in [2.75, 3.05) is 5.75 Å². The number of hydrogen-bond acceptors (Lipinski definition) is 3. The summed E-state index contributed by atoms with van der Waals surface area (Å²) in [5, 5.41) is 0.154. The summed E-state index contributed by atoms with van der Waals surface area (Å²) in [7, 11) is -3.36. The molecule has 0 aliphatic rings. The molecule has 0 spiro atoms. The average Bonchev–Trinajstić information content (AvgIpc) is 2.46. The van der Waals surface area contributed by atoms with Crippen LogP contribution in [0.15, 0.2) is 59.8 Å². The second kappa shape index (κ2) is 6.18. The number of nitrogens with zero attached hydrogens (tertiary/aromatic N) is 1. The molecule has 0 saturated heterocycles. The highest BCUT2D eigenvalue weighted by Gasteiger charge is 2.25. The molecule has 0 N–H and O–H groups in total. The van der Waals surface area contributed by atoms with Crippen LogP contribution in [0.5, 0.6) is 0 Å². The van der Waals surface area contributed by atoms with Gasteiger partial charge in [-0.1, -0.05) is 50.2 Å². The van der Waals surface area contributed by atoms with Gasteiger partial charge in [-0.25, -0.2) is 13.4 Å². The first-order chi connectivity index (χ1) is 9.50. The SMILES string of the molecule is CC(C)[C@H](CS(=O)(=O)c1ccccn1)c1ccccc1. The predicted molar refractivity (Wildman–Crippen MR) is 80.3 cm³/mol. The quantitative estimate of drug-likeness (QED) is 0.848. The molecule has 0 amide bonds. The summed E-state index contributed by atoms with van der Waals surface area (Å²) in [5.74, 6) is 0.310. The molecule has 2 aromatic rings. The lowest BCUT2D eigenvalue weighted by Crippen LogP contribution is -2.20. The Labute approximate surface area is 120 Å². The lowest BCUT2D eigenvalue weighted by molar-refractivity contribution is 0.519. The molecular weight excluding hydrogens is 270 g/mol. The van der Waals surface area contributed by atoms with Crippen molar-refractivity contribution < 1.29 is 8.42 Å². The molecule has 3 nitrogen and oxygen atoms in total. The van der Waals surface area contributed by atoms with Crippen LogP contribution in [-0.4, -0.2) is 19.2 Å². The smallest absolute Gasteiger partial charge is 0.196 e. The molecule has 106 valence electrons. The Morgan fingerprint density at radius 2 is 1.65 bits per heavy atom. The van der Waals surface area contributed by atoms with E-state index in [0.717, 1.165) is 5.56 Å². The Kier molecular flexibility index (Phi) is 4.55. The van der Waals surface area contributed by atoms with Crippen LogP contribution in [0.4, 0.5) is 0 Å². The zero-order chi connectivity index (χ0) is 14.6. The van der Waals surface area contributed by atoms with E-state index in [1.807, 2.05) is 44.2 Å². The third-order valence-electron chi connectivity index (χ3n) is 3.39. The Morgan fingerprint density at radius 1 is 1.00 bits per heavy atom. The van der Waals surface area contributed by atoms with Gasteiger partial charge in [0.15, 0.2) is 14.9 Å². The zero-order valence-corrected chi connectivity index (χ0v) is 12.5. The summed E-state index contributed by atoms with van der Waals surface area (Å²) in [6.45, 7) is 4.09. The van der Waals surface area contributed by atoms with Crippen molar-refractivity contribution in [1.82, 2.24) is 4.98 Å². The molecule has 0 aliphatic carbocycles. The molecule has 4 heteroatoms. The Hall–Kier alpha value is -1.68. The normalized spacial score (nSPS) is 13.3. The predicted octanol–water partition coefficient (Wildman–Crippen LogP) is 3.30. The van der Waals surface area contributed by atoms with Gasteiger partial charge in [-0.2, -0.15) is 0 Å². The van der Waals surface area contributed by atoms with E-state index in [0.29, 0.717) is 0 Å². The van der Waals surface area contributed by atoms with E-state index in [1.165, 1.54) is 6.20 Å². The summed E-state index contributed by atoms with van der Waals surface area (Å²) >= 11 is 0. The van der Waals surface area contributed by atoms with Gasteiger partial charge in [0.05, 0.1) is 5.75 Å². The summed E-state index contributed by atoms with van der Waals surface area (Å²) in [5.41, 5.74) is 1.06. The van der Waals surface area contributed by atoms with Crippen LogP contribution in [0, 0.1) is 5.92 Å². The molecule has 0 radical (unpaired) electrons. The van der Waals surface area contributed by atoms with Crippen molar-refractivity contribution >= 4 is 9.84 Å². The molecule has 1 aromatic heterocycles. The summed E-state index contributed by atoms with van der Waals surface area (Å²) in [4.78, 5) is 3.97. The maximum absolute atomic E-state index is 12.5. The fourth-order valence-corrected chi connectivity index (χ4v) is 3.95. The van der Waals surface area contributed by atoms with Crippen molar-refractivity contribution in [2.45, 2.75) is 24.8 Å². The lowest BCUT2D eigenvalue weighted by Gasteiger charge is -2.21. The van der Waals surface area contributed by atoms with E-state index in [4.69, 9.17) is 0 Å². The van der Waals surface area contributed by atoms with Gasteiger partial charge in [-0.3, -0.25) is 0 Å². The minimum atomic E-state index is -3.36. The number of pyridine rings is 1. The van der Waals surface area contributed by atoms with E-state index in [-0.39, 0.29) is 22.6 Å². The summed E-state index contributed by atoms with van der Waals surface area (Å²) in [6.07, 6.45) is 1.51. The number of hydrogen-bond donors (Lipinski definition) is 0. The topological polar surface area (TPSA) is 47.0 Å². The molecule has 0 fully saturated rings. The van der Waals surface area contributed by atoms with E-state index in [2.05, 4.69) is 4.98 Å². The maximum atomic E-state index is 12.5. The van der Waals surface area contributed by atoms with Crippen LogP contribution >= 0.6 is 0 Å². The van der Waals surface area contributed by atoms with Gasteiger partial charge in [-0.15, -0.1) is 0 Å². The molecular formula is C16H19NO2S. The minimum absolute atomic E-state index is 0.0248. The molecule has 0 bridgehead atoms. The number of rotatable bonds is 5. The first kappa shape index (κ1) is 14.7. The van der Waals surface area contributed by atoms with Crippen molar-refractivity contribution in [3.8, 4) is 0 Å². The van der Waals surface area contributed by atoms with Gasteiger partial charge in [-0.05, 0) is 23.6 Å². The number of aromatic nitrogens is 1. The van der Waals surface area contributed by atoms with E-state index < -0.39 is 9.84 Å². The lowest BCUT2D eigenvalue weighted by atomic mass is 9.90. The van der Waals surface area contributed by atoms with Crippen molar-refractivity contribution in [3.05, 3.63) is 60.3 Å². The highest BCUT2D eigenvalue weighted by atomic mass is 32.2. The minimum Gasteiger partial charge on any atom is -0.245 e. The van der Waals surface area contributed by atoms with Gasteiger partial charge in [0.2, 0.25) is 0 Å². The fraction of sp³-hybridized carbons (Fsp3) is 0.312. The Morgan fingerprint density at radius 3 is 2.20 bits per heavy atom. The van der Waals surface area contributed by atoms with Crippen LogP contribution in [0.1, 0.15) is 25.3 Å². The fourth-order valence-electron chi connectivity index (χ4n) is 2.23. The van der Waals surface area contributed by atoms with Gasteiger partial charge < -0.3 is 0 Å². The van der Waals surface area contributed by atoms with E-state index in [9.17, 15) is 8.42 Å². The second-order valence-corrected chi connectivity index (χ2v) is 7.19. The molecule has 1 aromatic carbocycles. The monoisotopic (exact) mass is 289 g/mol. The number of benzene rings is 1. The average molecular weight is 289 g/mol. The highest BCUT2D eigenvalue weighted by molar-refractivity contribution is 7.91. The van der Waals surface area contributed by atoms with Gasteiger partial charge in [0.25, 0.3) is 0 Å². The highest BCUT2D eigenvalue weighted by Crippen LogP contribution is 2.27. The molecule has 1 atom stereocenters. The molecule has 1 heterocycles. The van der Waals surface area contributed by atoms with Crippen LogP contribution in [0.25, 0.3) is 0 Å². The maximum Gasteiger partial charge on any atom is 0.196 e. The molecule has 2 rings (SSSR count). The van der Waals surface area contributed by atoms with Crippen LogP contribution in [-0.2, 0) is 9.84 Å². The van der Waals surface area contributed by atoms with E-state index in [1.54, 1.807) is 18.2 Å². The third kappa shape index (κ3) is 3.45. The molecule has 0 unspecified atom stereocenters. The van der Waals surface area contributed by atoms with Crippen LogP contribution in [0.2, 0.25) is 0 Å². The van der Waals surface area contributed by atoms with Crippen molar-refractivity contribution in [2.24, 2.45) is 5.92 Å². The Balaban J connectivity index is 2.30. The standard InChI is InChI=1S/C16H19NO2S/c1-13(2)15(14-8-4-3-5-9-14)12-20(18,19)16-10-6-7-11-17-16/h3-11,13,15H,12H2,1-2H3/t15-/m0/s1. The Bertz CT molecular complexity index is 637. The van der Waals surface area contributed by atoms with E-state index >= 15 is 0 Å². The first-order valence-corrected chi connectivity index (χ1v) is 8.34. The van der Waals surface area contributed by atoms with Gasteiger partial charge in [0, 0.05) is 12.1 Å². The number of sulfone groups is 1.